The van der Waals surface area contributed by atoms with Crippen LogP contribution in [0.3, 0.4) is 0 Å². The fraction of sp³-hybridized carbons (Fsp3) is 0.300. The van der Waals surface area contributed by atoms with Gasteiger partial charge in [-0.1, -0.05) is 0 Å². The number of alkyl halides is 1. The average molecular weight is 413 g/mol. The molecular formula is C20H21ClN6O2. The van der Waals surface area contributed by atoms with Gasteiger partial charge in [-0.25, -0.2) is 9.97 Å². The minimum atomic E-state index is -0.222. The number of nitriles is 1. The van der Waals surface area contributed by atoms with Gasteiger partial charge in [0.05, 0.1) is 24.1 Å². The van der Waals surface area contributed by atoms with Gasteiger partial charge in [0.25, 0.3) is 0 Å². The third kappa shape index (κ3) is 6.08. The summed E-state index contributed by atoms with van der Waals surface area (Å²) in [7, 11) is 0. The molecule has 0 radical (unpaired) electrons. The molecule has 3 N–H and O–H groups in total. The summed E-state index contributed by atoms with van der Waals surface area (Å²) in [5.74, 6) is 3.00. The summed E-state index contributed by atoms with van der Waals surface area (Å²) in [5.41, 5.74) is 2.25. The van der Waals surface area contributed by atoms with Crippen LogP contribution in [0.25, 0.3) is 16.8 Å². The highest BCUT2D eigenvalue weighted by molar-refractivity contribution is 6.18. The molecule has 9 heteroatoms. The summed E-state index contributed by atoms with van der Waals surface area (Å²) in [6.45, 7) is 1.77. The molecule has 0 aliphatic carbocycles. The van der Waals surface area contributed by atoms with E-state index in [-0.39, 0.29) is 37.3 Å². The molecule has 2 aromatic heterocycles. The van der Waals surface area contributed by atoms with Gasteiger partial charge >= 0.3 is 0 Å². The lowest BCUT2D eigenvalue weighted by atomic mass is 10.0. The molecule has 0 fully saturated rings. The van der Waals surface area contributed by atoms with Crippen LogP contribution in [0.1, 0.15) is 19.0 Å². The lowest BCUT2D eigenvalue weighted by Gasteiger charge is -2.11. The molecule has 2 aromatic rings. The second kappa shape index (κ2) is 10.9. The van der Waals surface area contributed by atoms with E-state index in [1.165, 1.54) is 16.8 Å². The zero-order valence-corrected chi connectivity index (χ0v) is 16.6. The van der Waals surface area contributed by atoms with Gasteiger partial charge in [-0.15, -0.1) is 23.9 Å². The first-order valence-corrected chi connectivity index (χ1v) is 9.30. The topological polar surface area (TPSA) is 120 Å². The highest BCUT2D eigenvalue weighted by Gasteiger charge is 2.17. The highest BCUT2D eigenvalue weighted by atomic mass is 35.5. The Balaban J connectivity index is 2.58. The Morgan fingerprint density at radius 2 is 2.31 bits per heavy atom. The number of aliphatic hydroxyl groups excluding tert-OH is 2. The molecule has 2 rings (SSSR count). The highest BCUT2D eigenvalue weighted by Crippen LogP contribution is 2.29. The summed E-state index contributed by atoms with van der Waals surface area (Å²) >= 11 is 5.64. The van der Waals surface area contributed by atoms with Crippen molar-refractivity contribution in [2.45, 2.75) is 25.9 Å². The van der Waals surface area contributed by atoms with E-state index in [1.54, 1.807) is 25.4 Å². The van der Waals surface area contributed by atoms with Gasteiger partial charge in [-0.05, 0) is 30.7 Å². The molecule has 0 spiro atoms. The Bertz CT molecular complexity index is 984. The van der Waals surface area contributed by atoms with E-state index in [4.69, 9.17) is 23.3 Å². The largest absolute Gasteiger partial charge is 0.508 e. The van der Waals surface area contributed by atoms with Crippen molar-refractivity contribution in [3.63, 3.8) is 0 Å². The maximum absolute atomic E-state index is 10.0. The predicted octanol–water partition coefficient (Wildman–Crippen LogP) is 2.74. The molecule has 29 heavy (non-hydrogen) atoms. The molecule has 0 saturated heterocycles. The normalized spacial score (nSPS) is 12.9. The average Bonchev–Trinajstić information content (AvgIpc) is 3.12. The fourth-order valence-corrected chi connectivity index (χ4v) is 2.63. The Labute approximate surface area is 174 Å². The zero-order valence-electron chi connectivity index (χ0n) is 15.9. The van der Waals surface area contributed by atoms with E-state index < -0.39 is 0 Å². The quantitative estimate of drug-likeness (QED) is 0.250. The third-order valence-electron chi connectivity index (χ3n) is 3.78. The molecule has 2 heterocycles. The van der Waals surface area contributed by atoms with E-state index in [2.05, 4.69) is 26.3 Å². The second-order valence-electron chi connectivity index (χ2n) is 6.07. The summed E-state index contributed by atoms with van der Waals surface area (Å²) < 4.78 is 1.48. The van der Waals surface area contributed by atoms with Gasteiger partial charge in [0, 0.05) is 36.3 Å². The standard InChI is InChI=1S/C20H21ClN6O2/c1-3-4-15(11-16(29)5-7-21)19-17(12-27(26-19)10-8-22)18-6-9-23-20(25-18)24-14(2)13-28/h1,5-6,9,11-12,14,28-29H,4,7,10,13H2,2H3,(H,23,24,25)/b15-11+,16-5+. The van der Waals surface area contributed by atoms with E-state index in [0.717, 1.165) is 0 Å². The first kappa shape index (κ1) is 22.0. The van der Waals surface area contributed by atoms with Gasteiger partial charge in [0.2, 0.25) is 5.95 Å². The molecule has 0 aliphatic heterocycles. The van der Waals surface area contributed by atoms with Crippen molar-refractivity contribution in [3.8, 4) is 29.7 Å². The number of nitrogens with zero attached hydrogens (tertiary/aromatic N) is 5. The van der Waals surface area contributed by atoms with Gasteiger partial charge < -0.3 is 15.5 Å². The molecule has 0 aliphatic rings. The molecule has 1 atom stereocenters. The van der Waals surface area contributed by atoms with Crippen LogP contribution >= 0.6 is 11.6 Å². The van der Waals surface area contributed by atoms with Crippen LogP contribution in [0.5, 0.6) is 0 Å². The van der Waals surface area contributed by atoms with Crippen LogP contribution in [0.15, 0.2) is 36.4 Å². The SMILES string of the molecule is C#CC/C(=C\C(O)=C/CCl)c1nn(CC#N)cc1-c1ccnc(NC(C)CO)n1. The van der Waals surface area contributed by atoms with Crippen LogP contribution in [-0.4, -0.2) is 48.5 Å². The summed E-state index contributed by atoms with van der Waals surface area (Å²) in [5, 5.41) is 35.7. The number of rotatable bonds is 9. The molecule has 1 unspecified atom stereocenters. The molecule has 0 amide bonds. The fourth-order valence-electron chi connectivity index (χ4n) is 2.47. The Hall–Kier alpha value is -3.33. The van der Waals surface area contributed by atoms with Crippen LogP contribution in [0, 0.1) is 23.7 Å². The van der Waals surface area contributed by atoms with E-state index >= 15 is 0 Å². The second-order valence-corrected chi connectivity index (χ2v) is 6.38. The number of terminal acetylenes is 1. The van der Waals surface area contributed by atoms with Crippen LogP contribution in [0.4, 0.5) is 5.95 Å². The van der Waals surface area contributed by atoms with Crippen LogP contribution in [0.2, 0.25) is 0 Å². The molecule has 0 aromatic carbocycles. The van der Waals surface area contributed by atoms with Gasteiger partial charge in [-0.3, -0.25) is 4.68 Å². The minimum absolute atomic E-state index is 0.0344. The molecule has 0 saturated carbocycles. The monoisotopic (exact) mass is 412 g/mol. The first-order chi connectivity index (χ1) is 14.0. The van der Waals surface area contributed by atoms with E-state index in [9.17, 15) is 10.2 Å². The van der Waals surface area contributed by atoms with Gasteiger partial charge in [-0.2, -0.15) is 10.4 Å². The molecular weight excluding hydrogens is 392 g/mol. The number of halogens is 1. The van der Waals surface area contributed by atoms with Gasteiger partial charge in [0.1, 0.15) is 12.3 Å². The van der Waals surface area contributed by atoms with Crippen molar-refractivity contribution < 1.29 is 10.2 Å². The minimum Gasteiger partial charge on any atom is -0.508 e. The van der Waals surface area contributed by atoms with Crippen molar-refractivity contribution in [2.24, 2.45) is 0 Å². The third-order valence-corrected chi connectivity index (χ3v) is 3.93. The number of allylic oxidation sites excluding steroid dienone is 3. The molecule has 150 valence electrons. The number of hydrogen-bond donors (Lipinski definition) is 3. The first-order valence-electron chi connectivity index (χ1n) is 8.77. The predicted molar refractivity (Wildman–Crippen MR) is 112 cm³/mol. The number of nitrogens with one attached hydrogen (secondary N) is 1. The number of aromatic nitrogens is 4. The summed E-state index contributed by atoms with van der Waals surface area (Å²) in [4.78, 5) is 8.63. The number of hydrogen-bond acceptors (Lipinski definition) is 7. The zero-order chi connectivity index (χ0) is 21.2. The van der Waals surface area contributed by atoms with Crippen molar-refractivity contribution in [1.82, 2.24) is 19.7 Å². The van der Waals surface area contributed by atoms with E-state index in [0.29, 0.717) is 28.5 Å². The number of anilines is 1. The number of aliphatic hydroxyl groups is 2. The van der Waals surface area contributed by atoms with Crippen molar-refractivity contribution >= 4 is 23.1 Å². The Morgan fingerprint density at radius 3 is 2.97 bits per heavy atom. The van der Waals surface area contributed by atoms with Crippen LogP contribution < -0.4 is 5.32 Å². The summed E-state index contributed by atoms with van der Waals surface area (Å²) in [6.07, 6.45) is 11.9. The lowest BCUT2D eigenvalue weighted by Crippen LogP contribution is -2.20. The van der Waals surface area contributed by atoms with Crippen molar-refractivity contribution in [3.05, 3.63) is 42.1 Å². The maximum Gasteiger partial charge on any atom is 0.223 e. The summed E-state index contributed by atoms with van der Waals surface area (Å²) in [6, 6.07) is 3.52. The van der Waals surface area contributed by atoms with Crippen LogP contribution in [-0.2, 0) is 6.54 Å². The van der Waals surface area contributed by atoms with Gasteiger partial charge in [0.15, 0.2) is 0 Å². The maximum atomic E-state index is 10.0. The Kier molecular flexibility index (Phi) is 8.23. The molecule has 8 nitrogen and oxygen atoms in total. The Morgan fingerprint density at radius 1 is 1.52 bits per heavy atom. The van der Waals surface area contributed by atoms with Crippen molar-refractivity contribution in [2.75, 3.05) is 17.8 Å². The van der Waals surface area contributed by atoms with E-state index in [1.807, 2.05) is 6.07 Å². The van der Waals surface area contributed by atoms with Crippen molar-refractivity contribution in [1.29, 1.82) is 5.26 Å². The lowest BCUT2D eigenvalue weighted by molar-refractivity contribution is 0.281. The molecule has 0 bridgehead atoms. The smallest absolute Gasteiger partial charge is 0.223 e.